The van der Waals surface area contributed by atoms with Crippen LogP contribution in [-0.2, 0) is 6.42 Å². The molecule has 18 heavy (non-hydrogen) atoms. The van der Waals surface area contributed by atoms with Gasteiger partial charge in [0.1, 0.15) is 5.82 Å². The van der Waals surface area contributed by atoms with E-state index >= 15 is 0 Å². The number of hydrogen-bond donors (Lipinski definition) is 1. The molecule has 0 aliphatic rings. The molecule has 0 bridgehead atoms. The van der Waals surface area contributed by atoms with Gasteiger partial charge in [-0.1, -0.05) is 36.4 Å². The highest BCUT2D eigenvalue weighted by atomic mass is 35.5. The topological polar surface area (TPSA) is 24.9 Å². The first-order valence-electron chi connectivity index (χ1n) is 6.07. The largest absolute Gasteiger partial charge is 0.366 e. The third-order valence-electron chi connectivity index (χ3n) is 2.77. The summed E-state index contributed by atoms with van der Waals surface area (Å²) in [4.78, 5) is 4.34. The van der Waals surface area contributed by atoms with Crippen LogP contribution in [0.3, 0.4) is 0 Å². The Hall–Kier alpha value is -1.54. The van der Waals surface area contributed by atoms with Gasteiger partial charge >= 0.3 is 0 Å². The van der Waals surface area contributed by atoms with Crippen molar-refractivity contribution >= 4 is 17.4 Å². The highest BCUT2D eigenvalue weighted by Gasteiger charge is 2.08. The van der Waals surface area contributed by atoms with Crippen LogP contribution in [0.25, 0.3) is 0 Å². The Morgan fingerprint density at radius 3 is 2.56 bits per heavy atom. The highest BCUT2D eigenvalue weighted by molar-refractivity contribution is 6.18. The van der Waals surface area contributed by atoms with Crippen molar-refractivity contribution in [3.05, 3.63) is 59.8 Å². The minimum Gasteiger partial charge on any atom is -0.366 e. The summed E-state index contributed by atoms with van der Waals surface area (Å²) in [6.45, 7) is 2.03. The first-order chi connectivity index (χ1) is 8.78. The van der Waals surface area contributed by atoms with Crippen LogP contribution < -0.4 is 5.32 Å². The summed E-state index contributed by atoms with van der Waals surface area (Å²) in [5.74, 6) is 1.44. The minimum absolute atomic E-state index is 0.198. The first-order valence-corrected chi connectivity index (χ1v) is 6.60. The predicted octanol–water partition coefficient (Wildman–Crippen LogP) is 3.65. The van der Waals surface area contributed by atoms with Crippen LogP contribution in [0.15, 0.2) is 48.7 Å². The molecule has 1 N–H and O–H groups in total. The van der Waals surface area contributed by atoms with Crippen LogP contribution in [0.1, 0.15) is 11.1 Å². The number of alkyl halides is 1. The van der Waals surface area contributed by atoms with Crippen molar-refractivity contribution in [2.75, 3.05) is 11.2 Å². The van der Waals surface area contributed by atoms with Crippen molar-refractivity contribution in [3.63, 3.8) is 0 Å². The van der Waals surface area contributed by atoms with E-state index in [2.05, 4.69) is 22.4 Å². The van der Waals surface area contributed by atoms with Crippen molar-refractivity contribution in [1.29, 1.82) is 0 Å². The normalized spacial score (nSPS) is 12.1. The minimum atomic E-state index is 0.198. The number of benzene rings is 1. The van der Waals surface area contributed by atoms with E-state index in [1.165, 1.54) is 5.56 Å². The molecule has 2 nitrogen and oxygen atoms in total. The second-order valence-electron chi connectivity index (χ2n) is 4.41. The van der Waals surface area contributed by atoms with Gasteiger partial charge < -0.3 is 5.32 Å². The molecule has 1 unspecified atom stereocenters. The summed E-state index contributed by atoms with van der Waals surface area (Å²) in [7, 11) is 0. The molecule has 1 aromatic carbocycles. The number of hydrogen-bond acceptors (Lipinski definition) is 2. The van der Waals surface area contributed by atoms with E-state index in [9.17, 15) is 0 Å². The Kier molecular flexibility index (Phi) is 4.59. The fourth-order valence-corrected chi connectivity index (χ4v) is 1.99. The lowest BCUT2D eigenvalue weighted by molar-refractivity contribution is 0.791. The molecule has 3 heteroatoms. The van der Waals surface area contributed by atoms with E-state index in [-0.39, 0.29) is 6.04 Å². The standard InChI is InChI=1S/C15H17ClN2/c1-12-7-8-15(17-11-12)18-14(10-16)9-13-5-3-2-4-6-13/h2-8,11,14H,9-10H2,1H3,(H,17,18). The molecule has 2 aromatic rings. The molecule has 1 atom stereocenters. The molecule has 0 aliphatic heterocycles. The maximum Gasteiger partial charge on any atom is 0.126 e. The average Bonchev–Trinajstić information content (AvgIpc) is 2.41. The third kappa shape index (κ3) is 3.74. The number of halogens is 1. The zero-order chi connectivity index (χ0) is 12.8. The number of nitrogens with zero attached hydrogens (tertiary/aromatic N) is 1. The second-order valence-corrected chi connectivity index (χ2v) is 4.71. The molecule has 0 aliphatic carbocycles. The van der Waals surface area contributed by atoms with Gasteiger partial charge in [-0.25, -0.2) is 4.98 Å². The predicted molar refractivity (Wildman–Crippen MR) is 77.3 cm³/mol. The SMILES string of the molecule is Cc1ccc(NC(CCl)Cc2ccccc2)nc1. The van der Waals surface area contributed by atoms with Gasteiger partial charge in [0.05, 0.1) is 0 Å². The zero-order valence-corrected chi connectivity index (χ0v) is 11.2. The first kappa shape index (κ1) is 12.9. The van der Waals surface area contributed by atoms with Crippen LogP contribution in [-0.4, -0.2) is 16.9 Å². The second kappa shape index (κ2) is 6.41. The molecule has 0 radical (unpaired) electrons. The summed E-state index contributed by atoms with van der Waals surface area (Å²) in [6, 6.07) is 14.6. The maximum atomic E-state index is 6.01. The fraction of sp³-hybridized carbons (Fsp3) is 0.267. The quantitative estimate of drug-likeness (QED) is 0.830. The molecule has 1 aromatic heterocycles. The van der Waals surface area contributed by atoms with Gasteiger partial charge in [-0.15, -0.1) is 11.6 Å². The highest BCUT2D eigenvalue weighted by Crippen LogP contribution is 2.11. The van der Waals surface area contributed by atoms with Gasteiger partial charge in [-0.3, -0.25) is 0 Å². The summed E-state index contributed by atoms with van der Waals surface area (Å²) < 4.78 is 0. The van der Waals surface area contributed by atoms with E-state index in [1.807, 2.05) is 43.5 Å². The molecule has 0 saturated heterocycles. The lowest BCUT2D eigenvalue weighted by Crippen LogP contribution is -2.24. The number of rotatable bonds is 5. The van der Waals surface area contributed by atoms with Crippen LogP contribution in [0.5, 0.6) is 0 Å². The average molecular weight is 261 g/mol. The Morgan fingerprint density at radius 1 is 1.17 bits per heavy atom. The molecule has 94 valence electrons. The number of nitrogens with one attached hydrogen (secondary N) is 1. The summed E-state index contributed by atoms with van der Waals surface area (Å²) >= 11 is 6.01. The number of pyridine rings is 1. The molecule has 0 fully saturated rings. The van der Waals surface area contributed by atoms with Crippen LogP contribution >= 0.6 is 11.6 Å². The van der Waals surface area contributed by atoms with Crippen LogP contribution in [0, 0.1) is 6.92 Å². The van der Waals surface area contributed by atoms with E-state index in [0.717, 1.165) is 17.8 Å². The summed E-state index contributed by atoms with van der Waals surface area (Å²) in [5, 5.41) is 3.36. The maximum absolute atomic E-state index is 6.01. The van der Waals surface area contributed by atoms with Crippen molar-refractivity contribution in [2.45, 2.75) is 19.4 Å². The number of aromatic nitrogens is 1. The van der Waals surface area contributed by atoms with Crippen LogP contribution in [0.2, 0.25) is 0 Å². The fourth-order valence-electron chi connectivity index (χ4n) is 1.81. The molecule has 0 amide bonds. The summed E-state index contributed by atoms with van der Waals surface area (Å²) in [6.07, 6.45) is 2.76. The van der Waals surface area contributed by atoms with Gasteiger partial charge in [-0.2, -0.15) is 0 Å². The van der Waals surface area contributed by atoms with Gasteiger partial charge in [0.15, 0.2) is 0 Å². The van der Waals surface area contributed by atoms with E-state index in [1.54, 1.807) is 0 Å². The monoisotopic (exact) mass is 260 g/mol. The Balaban J connectivity index is 1.99. The molecule has 0 saturated carbocycles. The number of anilines is 1. The Labute approximate surface area is 113 Å². The van der Waals surface area contributed by atoms with Gasteiger partial charge in [-0.05, 0) is 30.5 Å². The summed E-state index contributed by atoms with van der Waals surface area (Å²) in [5.41, 5.74) is 2.44. The van der Waals surface area contributed by atoms with Crippen molar-refractivity contribution in [1.82, 2.24) is 4.98 Å². The van der Waals surface area contributed by atoms with Crippen molar-refractivity contribution in [3.8, 4) is 0 Å². The molecule has 0 spiro atoms. The molecular weight excluding hydrogens is 244 g/mol. The number of aryl methyl sites for hydroxylation is 1. The smallest absolute Gasteiger partial charge is 0.126 e. The molecule has 2 rings (SSSR count). The lowest BCUT2D eigenvalue weighted by atomic mass is 10.1. The van der Waals surface area contributed by atoms with Gasteiger partial charge in [0.25, 0.3) is 0 Å². The molecule has 1 heterocycles. The lowest BCUT2D eigenvalue weighted by Gasteiger charge is -2.16. The van der Waals surface area contributed by atoms with E-state index < -0.39 is 0 Å². The molecular formula is C15H17ClN2. The Bertz CT molecular complexity index is 468. The van der Waals surface area contributed by atoms with E-state index in [0.29, 0.717) is 5.88 Å². The van der Waals surface area contributed by atoms with Gasteiger partial charge in [0, 0.05) is 18.1 Å². The Morgan fingerprint density at radius 2 is 1.94 bits per heavy atom. The van der Waals surface area contributed by atoms with Crippen molar-refractivity contribution < 1.29 is 0 Å². The zero-order valence-electron chi connectivity index (χ0n) is 10.4. The third-order valence-corrected chi connectivity index (χ3v) is 3.15. The van der Waals surface area contributed by atoms with Crippen molar-refractivity contribution in [2.24, 2.45) is 0 Å². The van der Waals surface area contributed by atoms with E-state index in [4.69, 9.17) is 11.6 Å². The van der Waals surface area contributed by atoms with Gasteiger partial charge in [0.2, 0.25) is 0 Å². The van der Waals surface area contributed by atoms with Crippen LogP contribution in [0.4, 0.5) is 5.82 Å².